The van der Waals surface area contributed by atoms with E-state index in [1.807, 2.05) is 19.1 Å². The van der Waals surface area contributed by atoms with Gasteiger partial charge in [-0.3, -0.25) is 9.59 Å². The maximum absolute atomic E-state index is 13.1. The minimum Gasteiger partial charge on any atom is -0.397 e. The quantitative estimate of drug-likeness (QED) is 0.452. The van der Waals surface area contributed by atoms with Crippen LogP contribution in [0.25, 0.3) is 0 Å². The first kappa shape index (κ1) is 18.6. The Morgan fingerprint density at radius 2 is 1.50 bits per heavy atom. The van der Waals surface area contributed by atoms with Crippen molar-refractivity contribution in [2.75, 3.05) is 10.5 Å². The van der Waals surface area contributed by atoms with Crippen LogP contribution in [0.2, 0.25) is 0 Å². The van der Waals surface area contributed by atoms with Crippen LogP contribution in [0.5, 0.6) is 0 Å². The van der Waals surface area contributed by atoms with Gasteiger partial charge in [-0.25, -0.2) is 4.21 Å². The number of hydrogen-bond donors (Lipinski definition) is 2. The number of nitrogens with one attached hydrogen (secondary N) is 1. The summed E-state index contributed by atoms with van der Waals surface area (Å²) in [5, 5.41) is 0. The van der Waals surface area contributed by atoms with Gasteiger partial charge in [-0.2, -0.15) is 0 Å². The van der Waals surface area contributed by atoms with E-state index >= 15 is 0 Å². The number of benzene rings is 3. The number of rotatable bonds is 3. The van der Waals surface area contributed by atoms with Crippen molar-refractivity contribution in [2.24, 2.45) is 0 Å². The summed E-state index contributed by atoms with van der Waals surface area (Å²) >= 11 is 3.34. The molecule has 28 heavy (non-hydrogen) atoms. The van der Waals surface area contributed by atoms with Gasteiger partial charge < -0.3 is 10.5 Å². The Labute approximate surface area is 172 Å². The summed E-state index contributed by atoms with van der Waals surface area (Å²) in [5.74, 6) is -0.652. The van der Waals surface area contributed by atoms with Gasteiger partial charge in [0.2, 0.25) is 0 Å². The third-order valence-corrected chi connectivity index (χ3v) is 6.39. The third-order valence-electron chi connectivity index (χ3n) is 4.63. The Kier molecular flexibility index (Phi) is 4.64. The van der Waals surface area contributed by atoms with Crippen molar-refractivity contribution in [3.8, 4) is 0 Å². The first-order valence-corrected chi connectivity index (χ1v) is 10.4. The second-order valence-electron chi connectivity index (χ2n) is 6.46. The summed E-state index contributed by atoms with van der Waals surface area (Å²) < 4.78 is 16.1. The lowest BCUT2D eigenvalue weighted by atomic mass is 9.82. The minimum absolute atomic E-state index is 0.126. The summed E-state index contributed by atoms with van der Waals surface area (Å²) in [6, 6.07) is 15.4. The molecule has 7 heteroatoms. The number of fused-ring (bicyclic) bond motifs is 2. The van der Waals surface area contributed by atoms with Crippen LogP contribution in [0, 0.1) is 6.92 Å². The highest BCUT2D eigenvalue weighted by Crippen LogP contribution is 2.39. The van der Waals surface area contributed by atoms with Crippen molar-refractivity contribution in [2.45, 2.75) is 11.8 Å². The van der Waals surface area contributed by atoms with Crippen LogP contribution in [0.3, 0.4) is 0 Å². The fourth-order valence-corrected chi connectivity index (χ4v) is 4.48. The van der Waals surface area contributed by atoms with E-state index < -0.39 is 11.0 Å². The van der Waals surface area contributed by atoms with E-state index in [0.29, 0.717) is 26.2 Å². The molecule has 1 aliphatic rings. The lowest BCUT2D eigenvalue weighted by molar-refractivity contribution is 0.0980. The molecule has 3 aromatic rings. The Bertz CT molecular complexity index is 1170. The maximum atomic E-state index is 13.1. The topological polar surface area (TPSA) is 89.3 Å². The molecule has 0 aliphatic heterocycles. The molecule has 0 aromatic heterocycles. The van der Waals surface area contributed by atoms with E-state index in [2.05, 4.69) is 20.7 Å². The molecule has 0 fully saturated rings. The molecule has 0 saturated heterocycles. The average Bonchev–Trinajstić information content (AvgIpc) is 2.69. The summed E-state index contributed by atoms with van der Waals surface area (Å²) in [4.78, 5) is 26.7. The van der Waals surface area contributed by atoms with Crippen LogP contribution in [0.1, 0.15) is 37.4 Å². The van der Waals surface area contributed by atoms with Crippen LogP contribution >= 0.6 is 15.9 Å². The molecule has 3 N–H and O–H groups in total. The molecule has 0 spiro atoms. The van der Waals surface area contributed by atoms with Crippen LogP contribution < -0.4 is 10.5 Å². The molecule has 5 nitrogen and oxygen atoms in total. The van der Waals surface area contributed by atoms with Gasteiger partial charge >= 0.3 is 0 Å². The minimum atomic E-state index is -1.61. The van der Waals surface area contributed by atoms with Crippen molar-refractivity contribution >= 4 is 49.9 Å². The number of halogens is 1. The van der Waals surface area contributed by atoms with E-state index in [9.17, 15) is 13.8 Å². The number of ketones is 2. The Hall–Kier alpha value is -2.77. The number of nitrogens with two attached hydrogens (primary N) is 1. The average molecular weight is 455 g/mol. The Morgan fingerprint density at radius 3 is 2.11 bits per heavy atom. The van der Waals surface area contributed by atoms with Crippen molar-refractivity contribution in [1.29, 1.82) is 0 Å². The molecule has 0 saturated carbocycles. The van der Waals surface area contributed by atoms with Gasteiger partial charge in [0.15, 0.2) is 11.6 Å². The molecule has 3 aromatic carbocycles. The molecule has 0 heterocycles. The predicted molar refractivity (Wildman–Crippen MR) is 113 cm³/mol. The van der Waals surface area contributed by atoms with Crippen molar-refractivity contribution < 1.29 is 13.8 Å². The van der Waals surface area contributed by atoms with Crippen molar-refractivity contribution in [3.63, 3.8) is 0 Å². The molecule has 0 bridgehead atoms. The highest BCUT2D eigenvalue weighted by molar-refractivity contribution is 9.10. The van der Waals surface area contributed by atoms with Gasteiger partial charge in [-0.15, -0.1) is 0 Å². The molecule has 1 aliphatic carbocycles. The molecule has 4 rings (SSSR count). The van der Waals surface area contributed by atoms with E-state index in [1.54, 1.807) is 42.5 Å². The smallest absolute Gasteiger partial charge is 0.196 e. The van der Waals surface area contributed by atoms with Gasteiger partial charge in [0.05, 0.1) is 27.4 Å². The fraction of sp³-hybridized carbons (Fsp3) is 0.0476. The van der Waals surface area contributed by atoms with Crippen LogP contribution in [0.15, 0.2) is 64.0 Å². The van der Waals surface area contributed by atoms with Crippen LogP contribution in [-0.2, 0) is 11.0 Å². The zero-order valence-corrected chi connectivity index (χ0v) is 17.2. The number of anilines is 2. The summed E-state index contributed by atoms with van der Waals surface area (Å²) in [7, 11) is -1.61. The standard InChI is InChI=1S/C21H15BrN2O3S/c1-11-6-8-12(9-7-11)28(27)24-16-10-15(22)19(23)18-17(16)20(25)13-4-2-3-5-14(13)21(18)26/h2-10,24H,23H2,1H3. The maximum Gasteiger partial charge on any atom is 0.196 e. The van der Waals surface area contributed by atoms with Gasteiger partial charge in [-0.05, 0) is 41.1 Å². The molecular weight excluding hydrogens is 440 g/mol. The zero-order chi connectivity index (χ0) is 20.0. The largest absolute Gasteiger partial charge is 0.397 e. The number of nitrogen functional groups attached to an aromatic ring is 1. The van der Waals surface area contributed by atoms with Gasteiger partial charge in [-0.1, -0.05) is 42.0 Å². The van der Waals surface area contributed by atoms with Crippen LogP contribution in [0.4, 0.5) is 11.4 Å². The van der Waals surface area contributed by atoms with Crippen molar-refractivity contribution in [3.05, 3.63) is 86.9 Å². The number of carbonyl (C=O) groups is 2. The molecule has 140 valence electrons. The highest BCUT2D eigenvalue weighted by Gasteiger charge is 2.34. The second-order valence-corrected chi connectivity index (χ2v) is 8.52. The summed E-state index contributed by atoms with van der Waals surface area (Å²) in [5.41, 5.74) is 8.54. The van der Waals surface area contributed by atoms with Gasteiger partial charge in [0.25, 0.3) is 0 Å². The van der Waals surface area contributed by atoms with E-state index in [-0.39, 0.29) is 28.4 Å². The predicted octanol–water partition coefficient (Wildman–Crippen LogP) is 4.25. The van der Waals surface area contributed by atoms with E-state index in [0.717, 1.165) is 5.56 Å². The normalized spacial score (nSPS) is 13.6. The SMILES string of the molecule is Cc1ccc(S(=O)Nc2cc(Br)c(N)c3c2C(=O)c2ccccc2C3=O)cc1. The summed E-state index contributed by atoms with van der Waals surface area (Å²) in [6.45, 7) is 1.94. The Morgan fingerprint density at radius 1 is 0.929 bits per heavy atom. The molecule has 1 atom stereocenters. The molecule has 1 unspecified atom stereocenters. The van der Waals surface area contributed by atoms with Gasteiger partial charge in [0, 0.05) is 15.6 Å². The first-order valence-electron chi connectivity index (χ1n) is 8.44. The third kappa shape index (κ3) is 2.96. The zero-order valence-electron chi connectivity index (χ0n) is 14.8. The Balaban J connectivity index is 1.85. The lowest BCUT2D eigenvalue weighted by Gasteiger charge is -2.22. The molecule has 0 amide bonds. The lowest BCUT2D eigenvalue weighted by Crippen LogP contribution is -2.24. The fourth-order valence-electron chi connectivity index (χ4n) is 3.19. The second kappa shape index (κ2) is 7.00. The van der Waals surface area contributed by atoms with E-state index in [4.69, 9.17) is 5.73 Å². The van der Waals surface area contributed by atoms with E-state index in [1.165, 1.54) is 0 Å². The number of carbonyl (C=O) groups excluding carboxylic acids is 2. The molecule has 0 radical (unpaired) electrons. The summed E-state index contributed by atoms with van der Waals surface area (Å²) in [6.07, 6.45) is 0. The molecular formula is C21H15BrN2O3S. The van der Waals surface area contributed by atoms with Gasteiger partial charge in [0.1, 0.15) is 11.0 Å². The monoisotopic (exact) mass is 454 g/mol. The first-order chi connectivity index (χ1) is 13.4. The highest BCUT2D eigenvalue weighted by atomic mass is 79.9. The van der Waals surface area contributed by atoms with Crippen LogP contribution in [-0.4, -0.2) is 15.8 Å². The number of aryl methyl sites for hydroxylation is 1. The van der Waals surface area contributed by atoms with Crippen molar-refractivity contribution in [1.82, 2.24) is 0 Å². The number of hydrogen-bond acceptors (Lipinski definition) is 4.